The molecule has 1 heterocycles. The molecule has 0 aliphatic heterocycles. The quantitative estimate of drug-likeness (QED) is 0.657. The highest BCUT2D eigenvalue weighted by atomic mass is 35.5. The second kappa shape index (κ2) is 5.62. The van der Waals surface area contributed by atoms with Crippen molar-refractivity contribution in [2.24, 2.45) is 0 Å². The smallest absolute Gasteiger partial charge is 0.131 e. The van der Waals surface area contributed by atoms with Crippen LogP contribution < -0.4 is 9.64 Å². The van der Waals surface area contributed by atoms with Crippen molar-refractivity contribution in [3.05, 3.63) is 59.8 Å². The number of aromatic nitrogens is 1. The lowest BCUT2D eigenvalue weighted by Gasteiger charge is -2.21. The maximum Gasteiger partial charge on any atom is 0.131 e. The number of fused-ring (bicyclic) bond motifs is 1. The van der Waals surface area contributed by atoms with E-state index in [-0.39, 0.29) is 0 Å². The first kappa shape index (κ1) is 13.7. The lowest BCUT2D eigenvalue weighted by Crippen LogP contribution is -2.10. The first-order valence-corrected chi connectivity index (χ1v) is 7.00. The van der Waals surface area contributed by atoms with E-state index < -0.39 is 0 Å². The van der Waals surface area contributed by atoms with Crippen LogP contribution in [0, 0.1) is 0 Å². The Morgan fingerprint density at radius 3 is 2.48 bits per heavy atom. The monoisotopic (exact) mass is 298 g/mol. The van der Waals surface area contributed by atoms with E-state index in [0.717, 1.165) is 28.0 Å². The SMILES string of the molecule is COc1ccc(N(C)c2cc(Cl)nc3ccccc23)cc1. The van der Waals surface area contributed by atoms with E-state index in [2.05, 4.69) is 9.88 Å². The summed E-state index contributed by atoms with van der Waals surface area (Å²) in [6.45, 7) is 0. The molecule has 0 saturated carbocycles. The van der Waals surface area contributed by atoms with Crippen molar-refractivity contribution in [2.75, 3.05) is 19.1 Å². The summed E-state index contributed by atoms with van der Waals surface area (Å²) < 4.78 is 5.19. The van der Waals surface area contributed by atoms with Gasteiger partial charge in [-0.1, -0.05) is 29.8 Å². The third kappa shape index (κ3) is 2.65. The van der Waals surface area contributed by atoms with E-state index in [0.29, 0.717) is 5.15 Å². The van der Waals surface area contributed by atoms with E-state index >= 15 is 0 Å². The van der Waals surface area contributed by atoms with Gasteiger partial charge in [-0.05, 0) is 36.4 Å². The van der Waals surface area contributed by atoms with Gasteiger partial charge in [-0.3, -0.25) is 0 Å². The summed E-state index contributed by atoms with van der Waals surface area (Å²) in [5.74, 6) is 0.838. The minimum Gasteiger partial charge on any atom is -0.497 e. The number of pyridine rings is 1. The molecule has 4 heteroatoms. The Bertz CT molecular complexity index is 771. The fourth-order valence-electron chi connectivity index (χ4n) is 2.35. The van der Waals surface area contributed by atoms with Crippen LogP contribution in [0.1, 0.15) is 0 Å². The van der Waals surface area contributed by atoms with Gasteiger partial charge in [-0.25, -0.2) is 4.98 Å². The summed E-state index contributed by atoms with van der Waals surface area (Å²) in [5.41, 5.74) is 2.97. The molecule has 0 saturated heterocycles. The van der Waals surface area contributed by atoms with Gasteiger partial charge in [0, 0.05) is 18.1 Å². The van der Waals surface area contributed by atoms with E-state index in [1.165, 1.54) is 0 Å². The Balaban J connectivity index is 2.09. The van der Waals surface area contributed by atoms with Gasteiger partial charge in [0.25, 0.3) is 0 Å². The molecule has 2 aromatic carbocycles. The molecule has 3 rings (SSSR count). The highest BCUT2D eigenvalue weighted by molar-refractivity contribution is 6.30. The zero-order chi connectivity index (χ0) is 14.8. The predicted molar refractivity (Wildman–Crippen MR) is 87.8 cm³/mol. The molecule has 3 nitrogen and oxygen atoms in total. The molecule has 0 spiro atoms. The van der Waals surface area contributed by atoms with Gasteiger partial charge in [0.1, 0.15) is 10.9 Å². The molecule has 0 N–H and O–H groups in total. The Morgan fingerprint density at radius 1 is 1.05 bits per heavy atom. The van der Waals surface area contributed by atoms with Crippen LogP contribution in [-0.4, -0.2) is 19.1 Å². The van der Waals surface area contributed by atoms with E-state index in [4.69, 9.17) is 16.3 Å². The highest BCUT2D eigenvalue weighted by Gasteiger charge is 2.10. The van der Waals surface area contributed by atoms with Crippen molar-refractivity contribution < 1.29 is 4.74 Å². The number of para-hydroxylation sites is 1. The normalized spacial score (nSPS) is 10.6. The Hall–Kier alpha value is -2.26. The van der Waals surface area contributed by atoms with Gasteiger partial charge in [0.05, 0.1) is 18.3 Å². The summed E-state index contributed by atoms with van der Waals surface area (Å²) in [7, 11) is 3.68. The molecular weight excluding hydrogens is 284 g/mol. The van der Waals surface area contributed by atoms with Crippen LogP contribution in [0.5, 0.6) is 5.75 Å². The van der Waals surface area contributed by atoms with Crippen molar-refractivity contribution in [3.8, 4) is 5.75 Å². The van der Waals surface area contributed by atoms with Crippen molar-refractivity contribution >= 4 is 33.9 Å². The van der Waals surface area contributed by atoms with Crippen LogP contribution in [0.3, 0.4) is 0 Å². The number of nitrogens with zero attached hydrogens (tertiary/aromatic N) is 2. The van der Waals surface area contributed by atoms with Crippen LogP contribution >= 0.6 is 11.6 Å². The van der Waals surface area contributed by atoms with Crippen LogP contribution in [0.25, 0.3) is 10.9 Å². The molecular formula is C17H15ClN2O. The third-order valence-electron chi connectivity index (χ3n) is 3.48. The maximum atomic E-state index is 6.15. The zero-order valence-corrected chi connectivity index (χ0v) is 12.6. The number of benzene rings is 2. The average Bonchev–Trinajstić information content (AvgIpc) is 2.53. The molecule has 21 heavy (non-hydrogen) atoms. The minimum atomic E-state index is 0.490. The molecule has 0 aliphatic carbocycles. The van der Waals surface area contributed by atoms with Crippen LogP contribution in [-0.2, 0) is 0 Å². The number of methoxy groups -OCH3 is 1. The first-order chi connectivity index (χ1) is 10.2. The van der Waals surface area contributed by atoms with Crippen LogP contribution in [0.4, 0.5) is 11.4 Å². The predicted octanol–water partition coefficient (Wildman–Crippen LogP) is 4.66. The van der Waals surface area contributed by atoms with Crippen LogP contribution in [0.2, 0.25) is 5.15 Å². The number of hydrogen-bond acceptors (Lipinski definition) is 3. The summed E-state index contributed by atoms with van der Waals surface area (Å²) in [6, 6.07) is 17.8. The zero-order valence-electron chi connectivity index (χ0n) is 11.9. The van der Waals surface area contributed by atoms with Gasteiger partial charge >= 0.3 is 0 Å². The largest absolute Gasteiger partial charge is 0.497 e. The minimum absolute atomic E-state index is 0.490. The third-order valence-corrected chi connectivity index (χ3v) is 3.68. The molecule has 0 radical (unpaired) electrons. The van der Waals surface area contributed by atoms with Crippen molar-refractivity contribution in [1.82, 2.24) is 4.98 Å². The number of ether oxygens (including phenoxy) is 1. The lowest BCUT2D eigenvalue weighted by atomic mass is 10.1. The number of hydrogen-bond donors (Lipinski definition) is 0. The van der Waals surface area contributed by atoms with Gasteiger partial charge in [0.15, 0.2) is 0 Å². The standard InChI is InChI=1S/C17H15ClN2O/c1-20(12-7-9-13(21-2)10-8-12)16-11-17(18)19-15-6-4-3-5-14(15)16/h3-11H,1-2H3. The fourth-order valence-corrected chi connectivity index (χ4v) is 2.54. The molecule has 0 aliphatic rings. The fraction of sp³-hybridized carbons (Fsp3) is 0.118. The van der Waals surface area contributed by atoms with Gasteiger partial charge in [0.2, 0.25) is 0 Å². The number of halogens is 1. The maximum absolute atomic E-state index is 6.15. The topological polar surface area (TPSA) is 25.4 Å². The highest BCUT2D eigenvalue weighted by Crippen LogP contribution is 2.32. The number of anilines is 2. The molecule has 0 atom stereocenters. The molecule has 0 amide bonds. The van der Waals surface area contributed by atoms with Gasteiger partial charge in [-0.15, -0.1) is 0 Å². The number of rotatable bonds is 3. The summed E-state index contributed by atoms with van der Waals surface area (Å²) >= 11 is 6.15. The Labute approximate surface area is 128 Å². The van der Waals surface area contributed by atoms with E-state index in [1.807, 2.05) is 61.6 Å². The van der Waals surface area contributed by atoms with Crippen molar-refractivity contribution in [2.45, 2.75) is 0 Å². The first-order valence-electron chi connectivity index (χ1n) is 6.62. The van der Waals surface area contributed by atoms with Crippen LogP contribution in [0.15, 0.2) is 54.6 Å². The Kier molecular flexibility index (Phi) is 3.67. The van der Waals surface area contributed by atoms with Crippen molar-refractivity contribution in [1.29, 1.82) is 0 Å². The average molecular weight is 299 g/mol. The molecule has 1 aromatic heterocycles. The van der Waals surface area contributed by atoms with Gasteiger partial charge < -0.3 is 9.64 Å². The Morgan fingerprint density at radius 2 is 1.76 bits per heavy atom. The molecule has 0 fully saturated rings. The summed E-state index contributed by atoms with van der Waals surface area (Å²) in [6.07, 6.45) is 0. The molecule has 3 aromatic rings. The second-order valence-electron chi connectivity index (χ2n) is 4.74. The summed E-state index contributed by atoms with van der Waals surface area (Å²) in [4.78, 5) is 6.45. The molecule has 0 unspecified atom stereocenters. The van der Waals surface area contributed by atoms with E-state index in [9.17, 15) is 0 Å². The van der Waals surface area contributed by atoms with Gasteiger partial charge in [-0.2, -0.15) is 0 Å². The lowest BCUT2D eigenvalue weighted by molar-refractivity contribution is 0.415. The van der Waals surface area contributed by atoms with E-state index in [1.54, 1.807) is 7.11 Å². The second-order valence-corrected chi connectivity index (χ2v) is 5.13. The molecule has 106 valence electrons. The van der Waals surface area contributed by atoms with Crippen molar-refractivity contribution in [3.63, 3.8) is 0 Å². The molecule has 0 bridgehead atoms. The summed E-state index contributed by atoms with van der Waals surface area (Å²) in [5, 5.41) is 1.56.